The molecule has 4 nitrogen and oxygen atoms in total. The molecule has 0 aliphatic rings. The molecule has 28 heavy (non-hydrogen) atoms. The van der Waals surface area contributed by atoms with Gasteiger partial charge in [-0.2, -0.15) is 26.3 Å². The predicted molar refractivity (Wildman–Crippen MR) is 89.5 cm³/mol. The fourth-order valence-corrected chi connectivity index (χ4v) is 3.87. The molecule has 0 aromatic heterocycles. The van der Waals surface area contributed by atoms with E-state index in [1.807, 2.05) is 0 Å². The van der Waals surface area contributed by atoms with Crippen LogP contribution in [0.5, 0.6) is 0 Å². The Hall–Kier alpha value is -1.98. The van der Waals surface area contributed by atoms with Crippen LogP contribution in [0.25, 0.3) is 0 Å². The van der Waals surface area contributed by atoms with Crippen LogP contribution in [0.2, 0.25) is 5.02 Å². The van der Waals surface area contributed by atoms with Crippen LogP contribution in [0.3, 0.4) is 0 Å². The molecule has 0 bridgehead atoms. The molecule has 1 N–H and O–H groups in total. The fourth-order valence-electron chi connectivity index (χ4n) is 2.35. The Kier molecular flexibility index (Phi) is 5.68. The first-order valence-corrected chi connectivity index (χ1v) is 9.15. The van der Waals surface area contributed by atoms with Crippen LogP contribution in [0.4, 0.5) is 32.0 Å². The van der Waals surface area contributed by atoms with Gasteiger partial charge in [0.05, 0.1) is 10.6 Å². The summed E-state index contributed by atoms with van der Waals surface area (Å²) >= 11 is 5.58. The van der Waals surface area contributed by atoms with E-state index < -0.39 is 38.6 Å². The van der Waals surface area contributed by atoms with Crippen LogP contribution in [0.1, 0.15) is 5.56 Å². The highest BCUT2D eigenvalue weighted by atomic mass is 35.5. The van der Waals surface area contributed by atoms with Crippen molar-refractivity contribution in [2.45, 2.75) is 22.8 Å². The van der Waals surface area contributed by atoms with E-state index in [1.54, 1.807) is 6.07 Å². The highest BCUT2D eigenvalue weighted by Gasteiger charge is 2.72. The molecule has 0 heterocycles. The van der Waals surface area contributed by atoms with Crippen LogP contribution in [-0.4, -0.2) is 32.9 Å². The van der Waals surface area contributed by atoms with E-state index in [2.05, 4.69) is 0 Å². The van der Waals surface area contributed by atoms with Crippen molar-refractivity contribution in [2.75, 3.05) is 11.4 Å². The Labute approximate surface area is 161 Å². The lowest BCUT2D eigenvalue weighted by Gasteiger charge is -2.33. The topological polar surface area (TPSA) is 57.6 Å². The molecular formula is C16H12ClF6NO3S. The van der Waals surface area contributed by atoms with Gasteiger partial charge in [-0.3, -0.25) is 4.31 Å². The summed E-state index contributed by atoms with van der Waals surface area (Å²) < 4.78 is 104. The van der Waals surface area contributed by atoms with Crippen molar-refractivity contribution in [3.05, 3.63) is 59.1 Å². The van der Waals surface area contributed by atoms with Crippen molar-refractivity contribution in [2.24, 2.45) is 0 Å². The number of alkyl halides is 6. The number of aliphatic hydroxyl groups is 1. The van der Waals surface area contributed by atoms with Gasteiger partial charge in [0.1, 0.15) is 0 Å². The molecule has 0 amide bonds. The maximum absolute atomic E-state index is 13.0. The second-order valence-electron chi connectivity index (χ2n) is 5.66. The van der Waals surface area contributed by atoms with E-state index in [4.69, 9.17) is 11.6 Å². The number of nitrogens with zero attached hydrogens (tertiary/aromatic N) is 1. The zero-order valence-corrected chi connectivity index (χ0v) is 15.5. The van der Waals surface area contributed by atoms with Crippen LogP contribution in [0, 0.1) is 0 Å². The Balaban J connectivity index is 2.56. The molecule has 0 aliphatic heterocycles. The number of anilines is 1. The van der Waals surface area contributed by atoms with Gasteiger partial charge in [-0.05, 0) is 24.3 Å². The summed E-state index contributed by atoms with van der Waals surface area (Å²) in [6, 6.07) is 8.51. The van der Waals surface area contributed by atoms with Crippen LogP contribution >= 0.6 is 11.6 Å². The first kappa shape index (κ1) is 22.3. The molecule has 0 spiro atoms. The fraction of sp³-hybridized carbons (Fsp3) is 0.250. The molecule has 0 aliphatic carbocycles. The minimum Gasteiger partial charge on any atom is -0.369 e. The van der Waals surface area contributed by atoms with Crippen molar-refractivity contribution in [3.63, 3.8) is 0 Å². The lowest BCUT2D eigenvalue weighted by atomic mass is 9.92. The van der Waals surface area contributed by atoms with E-state index in [0.717, 1.165) is 7.05 Å². The van der Waals surface area contributed by atoms with Crippen molar-refractivity contribution >= 4 is 27.3 Å². The monoisotopic (exact) mass is 447 g/mol. The van der Waals surface area contributed by atoms with Crippen LogP contribution in [-0.2, 0) is 15.6 Å². The summed E-state index contributed by atoms with van der Waals surface area (Å²) in [5, 5.41) is 8.33. The number of benzene rings is 2. The quantitative estimate of drug-likeness (QED) is 0.703. The van der Waals surface area contributed by atoms with E-state index in [-0.39, 0.29) is 16.6 Å². The third-order valence-electron chi connectivity index (χ3n) is 3.93. The summed E-state index contributed by atoms with van der Waals surface area (Å²) in [5.41, 5.74) is -7.18. The second-order valence-corrected chi connectivity index (χ2v) is 8.03. The van der Waals surface area contributed by atoms with Gasteiger partial charge < -0.3 is 5.11 Å². The number of halogens is 7. The molecule has 12 heteroatoms. The Morgan fingerprint density at radius 1 is 0.929 bits per heavy atom. The van der Waals surface area contributed by atoms with Gasteiger partial charge in [-0.15, -0.1) is 0 Å². The lowest BCUT2D eigenvalue weighted by Crippen LogP contribution is -2.54. The maximum atomic E-state index is 13.0. The normalized spacial score (nSPS) is 13.5. The predicted octanol–water partition coefficient (Wildman–Crippen LogP) is 4.48. The van der Waals surface area contributed by atoms with Gasteiger partial charge >= 0.3 is 12.4 Å². The highest BCUT2D eigenvalue weighted by Crippen LogP contribution is 2.52. The Morgan fingerprint density at radius 3 is 1.86 bits per heavy atom. The van der Waals surface area contributed by atoms with E-state index in [9.17, 15) is 39.9 Å². The Morgan fingerprint density at radius 2 is 1.43 bits per heavy atom. The molecule has 2 aromatic carbocycles. The van der Waals surface area contributed by atoms with Crippen molar-refractivity contribution in [1.82, 2.24) is 0 Å². The van der Waals surface area contributed by atoms with Gasteiger partial charge in [0, 0.05) is 17.6 Å². The average molecular weight is 448 g/mol. The summed E-state index contributed by atoms with van der Waals surface area (Å²) in [5.74, 6) is 0. The van der Waals surface area contributed by atoms with E-state index >= 15 is 0 Å². The summed E-state index contributed by atoms with van der Waals surface area (Å²) in [6.07, 6.45) is -12.2. The molecule has 2 rings (SSSR count). The molecule has 0 saturated carbocycles. The van der Waals surface area contributed by atoms with Gasteiger partial charge in [-0.25, -0.2) is 8.42 Å². The molecular weight excluding hydrogens is 436 g/mol. The summed E-state index contributed by atoms with van der Waals surface area (Å²) in [7, 11) is -3.10. The molecule has 0 radical (unpaired) electrons. The smallest absolute Gasteiger partial charge is 0.369 e. The SMILES string of the molecule is CN(c1ccc(C(O)(C(F)(F)F)C(F)(F)F)c(Cl)c1)S(=O)(=O)c1ccccc1. The molecule has 0 atom stereocenters. The van der Waals surface area contributed by atoms with Crippen LogP contribution < -0.4 is 4.31 Å². The molecule has 154 valence electrons. The highest BCUT2D eigenvalue weighted by molar-refractivity contribution is 7.92. The lowest BCUT2D eigenvalue weighted by molar-refractivity contribution is -0.376. The van der Waals surface area contributed by atoms with Crippen molar-refractivity contribution in [3.8, 4) is 0 Å². The third kappa shape index (κ3) is 3.65. The maximum Gasteiger partial charge on any atom is 0.430 e. The molecule has 0 fully saturated rings. The van der Waals surface area contributed by atoms with E-state index in [1.165, 1.54) is 24.3 Å². The molecule has 2 aromatic rings. The largest absolute Gasteiger partial charge is 0.430 e. The van der Waals surface area contributed by atoms with Gasteiger partial charge in [0.2, 0.25) is 0 Å². The average Bonchev–Trinajstić information content (AvgIpc) is 2.59. The van der Waals surface area contributed by atoms with Crippen molar-refractivity contribution in [1.29, 1.82) is 0 Å². The summed E-state index contributed by atoms with van der Waals surface area (Å²) in [6.45, 7) is 0. The van der Waals surface area contributed by atoms with Gasteiger partial charge in [0.15, 0.2) is 0 Å². The van der Waals surface area contributed by atoms with E-state index in [0.29, 0.717) is 16.4 Å². The molecule has 0 saturated heterocycles. The van der Waals surface area contributed by atoms with Gasteiger partial charge in [0.25, 0.3) is 15.6 Å². The summed E-state index contributed by atoms with van der Waals surface area (Å²) in [4.78, 5) is -0.153. The first-order chi connectivity index (χ1) is 12.6. The van der Waals surface area contributed by atoms with Crippen molar-refractivity contribution < 1.29 is 39.9 Å². The second kappa shape index (κ2) is 7.12. The zero-order chi connectivity index (χ0) is 21.5. The number of hydrogen-bond acceptors (Lipinski definition) is 3. The number of hydrogen-bond donors (Lipinski definition) is 1. The number of rotatable bonds is 4. The van der Waals surface area contributed by atoms with Gasteiger partial charge in [-0.1, -0.05) is 35.9 Å². The first-order valence-electron chi connectivity index (χ1n) is 7.34. The zero-order valence-electron chi connectivity index (χ0n) is 13.9. The number of sulfonamides is 1. The minimum atomic E-state index is -6.11. The standard InChI is InChI=1S/C16H12ClF6NO3S/c1-24(28(26,27)11-5-3-2-4-6-11)10-7-8-12(13(17)9-10)14(25,15(18,19)20)16(21,22)23/h2-9,25H,1H3. The molecule has 0 unspecified atom stereocenters. The third-order valence-corrected chi connectivity index (χ3v) is 6.04. The Bertz CT molecular complexity index is 947. The van der Waals surface area contributed by atoms with Crippen LogP contribution in [0.15, 0.2) is 53.4 Å². The minimum absolute atomic E-state index is 0.153.